The Balaban J connectivity index is 1.42. The Morgan fingerprint density at radius 3 is 2.32 bits per heavy atom. The van der Waals surface area contributed by atoms with Gasteiger partial charge in [0.25, 0.3) is 5.91 Å². The van der Waals surface area contributed by atoms with E-state index in [1.54, 1.807) is 36.4 Å². The summed E-state index contributed by atoms with van der Waals surface area (Å²) < 4.78 is 2.16. The molecule has 1 N–H and O–H groups in total. The number of nitrogens with zero attached hydrogens (tertiary/aromatic N) is 2. The summed E-state index contributed by atoms with van der Waals surface area (Å²) in [6.45, 7) is 5.24. The summed E-state index contributed by atoms with van der Waals surface area (Å²) in [4.78, 5) is 30.3. The predicted molar refractivity (Wildman–Crippen MR) is 122 cm³/mol. The van der Waals surface area contributed by atoms with E-state index in [0.717, 1.165) is 35.4 Å². The monoisotopic (exact) mass is 411 g/mol. The number of nitrogens with one attached hydrogen (secondary N) is 1. The molecule has 0 bridgehead atoms. The standard InChI is InChI=1S/C26H25N3O2/c1-18-12-14-20(15-13-18)25(30)21-8-3-4-9-22(21)26(31)27-16-7-17-29-19(2)28-23-10-5-6-11-24(23)29/h3-6,8-15H,7,16-17H2,1-2H3,(H,27,31). The summed E-state index contributed by atoms with van der Waals surface area (Å²) in [6.07, 6.45) is 0.765. The van der Waals surface area contributed by atoms with Gasteiger partial charge in [0.05, 0.1) is 16.6 Å². The summed E-state index contributed by atoms with van der Waals surface area (Å²) in [5, 5.41) is 2.96. The molecule has 0 spiro atoms. The molecule has 0 saturated carbocycles. The lowest BCUT2D eigenvalue weighted by molar-refractivity contribution is 0.0941. The van der Waals surface area contributed by atoms with Crippen LogP contribution in [0.3, 0.4) is 0 Å². The first-order valence-corrected chi connectivity index (χ1v) is 10.4. The highest BCUT2D eigenvalue weighted by Crippen LogP contribution is 2.17. The molecule has 0 radical (unpaired) electrons. The summed E-state index contributed by atoms with van der Waals surface area (Å²) in [5.74, 6) is 0.580. The maximum Gasteiger partial charge on any atom is 0.252 e. The maximum atomic E-state index is 12.9. The van der Waals surface area contributed by atoms with E-state index >= 15 is 0 Å². The number of imidazole rings is 1. The second-order valence-electron chi connectivity index (χ2n) is 7.65. The molecular formula is C26H25N3O2. The Kier molecular flexibility index (Phi) is 5.94. The molecule has 1 aromatic heterocycles. The van der Waals surface area contributed by atoms with Crippen molar-refractivity contribution in [3.05, 3.63) is 101 Å². The smallest absolute Gasteiger partial charge is 0.252 e. The number of fused-ring (bicyclic) bond motifs is 1. The van der Waals surface area contributed by atoms with Gasteiger partial charge in [0.15, 0.2) is 5.78 Å². The van der Waals surface area contributed by atoms with E-state index in [4.69, 9.17) is 0 Å². The van der Waals surface area contributed by atoms with Crippen molar-refractivity contribution in [1.82, 2.24) is 14.9 Å². The Hall–Kier alpha value is -3.73. The van der Waals surface area contributed by atoms with E-state index in [0.29, 0.717) is 23.2 Å². The number of amides is 1. The minimum atomic E-state index is -0.233. The Morgan fingerprint density at radius 2 is 1.55 bits per heavy atom. The number of hydrogen-bond donors (Lipinski definition) is 1. The molecule has 156 valence electrons. The average Bonchev–Trinajstić information content (AvgIpc) is 3.11. The molecule has 3 aromatic carbocycles. The van der Waals surface area contributed by atoms with Crippen molar-refractivity contribution in [2.75, 3.05) is 6.54 Å². The molecule has 0 aliphatic carbocycles. The fraction of sp³-hybridized carbons (Fsp3) is 0.192. The first kappa shape index (κ1) is 20.5. The van der Waals surface area contributed by atoms with Gasteiger partial charge in [-0.2, -0.15) is 0 Å². The van der Waals surface area contributed by atoms with Crippen LogP contribution >= 0.6 is 0 Å². The van der Waals surface area contributed by atoms with Gasteiger partial charge in [-0.3, -0.25) is 9.59 Å². The normalized spacial score (nSPS) is 10.9. The van der Waals surface area contributed by atoms with E-state index in [1.807, 2.05) is 44.2 Å². The number of carbonyl (C=O) groups is 2. The van der Waals surface area contributed by atoms with Crippen molar-refractivity contribution in [3.8, 4) is 0 Å². The van der Waals surface area contributed by atoms with Crippen LogP contribution in [0, 0.1) is 13.8 Å². The van der Waals surface area contributed by atoms with E-state index in [9.17, 15) is 9.59 Å². The third-order valence-electron chi connectivity index (χ3n) is 5.42. The maximum absolute atomic E-state index is 12.9. The van der Waals surface area contributed by atoms with Gasteiger partial charge in [-0.25, -0.2) is 4.98 Å². The average molecular weight is 412 g/mol. The first-order valence-electron chi connectivity index (χ1n) is 10.4. The highest BCUT2D eigenvalue weighted by atomic mass is 16.2. The Labute approximate surface area is 181 Å². The highest BCUT2D eigenvalue weighted by molar-refractivity contribution is 6.15. The van der Waals surface area contributed by atoms with E-state index in [-0.39, 0.29) is 11.7 Å². The van der Waals surface area contributed by atoms with Gasteiger partial charge in [-0.05, 0) is 38.5 Å². The minimum absolute atomic E-state index is 0.147. The molecule has 0 fully saturated rings. The van der Waals surface area contributed by atoms with Gasteiger partial charge in [0.1, 0.15) is 5.82 Å². The van der Waals surface area contributed by atoms with Gasteiger partial charge in [-0.15, -0.1) is 0 Å². The molecule has 0 aliphatic heterocycles. The van der Waals surface area contributed by atoms with E-state index in [1.165, 1.54) is 0 Å². The summed E-state index contributed by atoms with van der Waals surface area (Å²) in [5.41, 5.74) is 4.56. The number of rotatable bonds is 7. The zero-order chi connectivity index (χ0) is 21.8. The van der Waals surface area contributed by atoms with Crippen molar-refractivity contribution in [1.29, 1.82) is 0 Å². The largest absolute Gasteiger partial charge is 0.352 e. The lowest BCUT2D eigenvalue weighted by Crippen LogP contribution is -2.27. The van der Waals surface area contributed by atoms with Crippen molar-refractivity contribution < 1.29 is 9.59 Å². The number of hydrogen-bond acceptors (Lipinski definition) is 3. The summed E-state index contributed by atoms with van der Waals surface area (Å²) >= 11 is 0. The predicted octanol–water partition coefficient (Wildman–Crippen LogP) is 4.70. The molecule has 1 amide bonds. The number of ketones is 1. The zero-order valence-electron chi connectivity index (χ0n) is 17.8. The molecular weight excluding hydrogens is 386 g/mol. The van der Waals surface area contributed by atoms with Gasteiger partial charge < -0.3 is 9.88 Å². The molecule has 5 heteroatoms. The number of benzene rings is 3. The van der Waals surface area contributed by atoms with Crippen LogP contribution in [0.1, 0.15) is 44.1 Å². The summed E-state index contributed by atoms with van der Waals surface area (Å²) in [6, 6.07) is 22.4. The minimum Gasteiger partial charge on any atom is -0.352 e. The van der Waals surface area contributed by atoms with Crippen LogP contribution in [0.4, 0.5) is 0 Å². The van der Waals surface area contributed by atoms with Gasteiger partial charge in [0.2, 0.25) is 0 Å². The topological polar surface area (TPSA) is 64.0 Å². The van der Waals surface area contributed by atoms with E-state index in [2.05, 4.69) is 20.9 Å². The molecule has 5 nitrogen and oxygen atoms in total. The van der Waals surface area contributed by atoms with Crippen molar-refractivity contribution in [2.24, 2.45) is 0 Å². The lowest BCUT2D eigenvalue weighted by Gasteiger charge is -2.11. The third-order valence-corrected chi connectivity index (χ3v) is 5.42. The molecule has 4 rings (SSSR count). The third kappa shape index (κ3) is 4.40. The van der Waals surface area contributed by atoms with Crippen LogP contribution in [-0.2, 0) is 6.54 Å². The fourth-order valence-corrected chi connectivity index (χ4v) is 3.75. The van der Waals surface area contributed by atoms with Crippen LogP contribution in [-0.4, -0.2) is 27.8 Å². The zero-order valence-corrected chi connectivity index (χ0v) is 17.8. The fourth-order valence-electron chi connectivity index (χ4n) is 3.75. The molecule has 1 heterocycles. The van der Waals surface area contributed by atoms with Crippen LogP contribution < -0.4 is 5.32 Å². The highest BCUT2D eigenvalue weighted by Gasteiger charge is 2.17. The summed E-state index contributed by atoms with van der Waals surface area (Å²) in [7, 11) is 0. The molecule has 0 unspecified atom stereocenters. The van der Waals surface area contributed by atoms with Crippen molar-refractivity contribution in [3.63, 3.8) is 0 Å². The van der Waals surface area contributed by atoms with Gasteiger partial charge in [-0.1, -0.05) is 60.2 Å². The van der Waals surface area contributed by atoms with Gasteiger partial charge >= 0.3 is 0 Å². The van der Waals surface area contributed by atoms with Crippen LogP contribution in [0.25, 0.3) is 11.0 Å². The molecule has 0 aliphatic rings. The van der Waals surface area contributed by atoms with Crippen LogP contribution in [0.15, 0.2) is 72.8 Å². The Bertz CT molecular complexity index is 1240. The quantitative estimate of drug-likeness (QED) is 0.354. The number of aromatic nitrogens is 2. The molecule has 0 saturated heterocycles. The number of aryl methyl sites for hydroxylation is 3. The second kappa shape index (κ2) is 8.96. The molecule has 31 heavy (non-hydrogen) atoms. The second-order valence-corrected chi connectivity index (χ2v) is 7.65. The van der Waals surface area contributed by atoms with Crippen LogP contribution in [0.5, 0.6) is 0 Å². The first-order chi connectivity index (χ1) is 15.0. The van der Waals surface area contributed by atoms with Gasteiger partial charge in [0, 0.05) is 24.2 Å². The van der Waals surface area contributed by atoms with E-state index < -0.39 is 0 Å². The lowest BCUT2D eigenvalue weighted by atomic mass is 9.97. The van der Waals surface area contributed by atoms with Crippen molar-refractivity contribution >= 4 is 22.7 Å². The van der Waals surface area contributed by atoms with Crippen molar-refractivity contribution in [2.45, 2.75) is 26.8 Å². The number of para-hydroxylation sites is 2. The molecule has 4 aromatic rings. The molecule has 0 atom stereocenters. The van der Waals surface area contributed by atoms with Crippen LogP contribution in [0.2, 0.25) is 0 Å². The SMILES string of the molecule is Cc1ccc(C(=O)c2ccccc2C(=O)NCCCn2c(C)nc3ccccc32)cc1. The number of carbonyl (C=O) groups excluding carboxylic acids is 2. The Morgan fingerprint density at radius 1 is 0.871 bits per heavy atom.